The summed E-state index contributed by atoms with van der Waals surface area (Å²) in [6.45, 7) is 1.79. The van der Waals surface area contributed by atoms with Gasteiger partial charge < -0.3 is 19.2 Å². The third-order valence-electron chi connectivity index (χ3n) is 6.72. The number of aliphatic hydroxyl groups is 1. The van der Waals surface area contributed by atoms with Gasteiger partial charge in [-0.25, -0.2) is 9.78 Å². The van der Waals surface area contributed by atoms with Gasteiger partial charge in [0.2, 0.25) is 0 Å². The van der Waals surface area contributed by atoms with Gasteiger partial charge in [0, 0.05) is 22.1 Å². The van der Waals surface area contributed by atoms with Crippen molar-refractivity contribution in [2.45, 2.75) is 32.1 Å². The van der Waals surface area contributed by atoms with Gasteiger partial charge in [0.1, 0.15) is 6.61 Å². The second-order valence-electron chi connectivity index (χ2n) is 8.61. The number of ether oxygens (including phenoxy) is 1. The van der Waals surface area contributed by atoms with Crippen LogP contribution in [0.3, 0.4) is 0 Å². The number of carbonyl (C=O) groups is 1. The van der Waals surface area contributed by atoms with Gasteiger partial charge >= 0.3 is 5.97 Å². The summed E-state index contributed by atoms with van der Waals surface area (Å²) in [5, 5.41) is 16.2. The highest BCUT2D eigenvalue weighted by atomic mass is 16.6. The van der Waals surface area contributed by atoms with E-state index in [1.165, 1.54) is 0 Å². The molecule has 0 saturated heterocycles. The minimum Gasteiger partial charge on any atom is -0.458 e. The highest BCUT2D eigenvalue weighted by Gasteiger charge is 2.45. The lowest BCUT2D eigenvalue weighted by Gasteiger charge is -2.31. The molecule has 2 aliphatic heterocycles. The van der Waals surface area contributed by atoms with E-state index in [0.29, 0.717) is 17.1 Å². The monoisotopic (exact) mass is 467 g/mol. The second-order valence-corrected chi connectivity index (χ2v) is 8.61. The minimum atomic E-state index is -1.87. The molecule has 0 unspecified atom stereocenters. The fourth-order valence-corrected chi connectivity index (χ4v) is 4.83. The number of rotatable bonds is 4. The van der Waals surface area contributed by atoms with E-state index < -0.39 is 11.6 Å². The summed E-state index contributed by atoms with van der Waals surface area (Å²) in [6.07, 6.45) is 1.73. The highest BCUT2D eigenvalue weighted by molar-refractivity contribution is 6.02. The molecule has 0 fully saturated rings. The quantitative estimate of drug-likeness (QED) is 0.247. The van der Waals surface area contributed by atoms with Crippen LogP contribution < -0.4 is 10.4 Å². The Morgan fingerprint density at radius 2 is 1.91 bits per heavy atom. The Bertz CT molecular complexity index is 1590. The summed E-state index contributed by atoms with van der Waals surface area (Å²) in [5.74, 6) is -0.137. The summed E-state index contributed by atoms with van der Waals surface area (Å²) in [7, 11) is 0. The van der Waals surface area contributed by atoms with Gasteiger partial charge in [-0.3, -0.25) is 4.79 Å². The Hall–Kier alpha value is -4.30. The molecule has 0 aliphatic carbocycles. The zero-order valence-electron chi connectivity index (χ0n) is 18.9. The van der Waals surface area contributed by atoms with Crippen molar-refractivity contribution in [2.24, 2.45) is 5.16 Å². The van der Waals surface area contributed by atoms with Gasteiger partial charge in [-0.1, -0.05) is 48.5 Å². The average molecular weight is 467 g/mol. The minimum absolute atomic E-state index is 0.0917. The van der Waals surface area contributed by atoms with Crippen molar-refractivity contribution < 1.29 is 19.5 Å². The van der Waals surface area contributed by atoms with Crippen molar-refractivity contribution in [3.8, 4) is 17.1 Å². The summed E-state index contributed by atoms with van der Waals surface area (Å²) in [5.41, 5.74) is 1.91. The van der Waals surface area contributed by atoms with E-state index in [9.17, 15) is 14.7 Å². The van der Waals surface area contributed by atoms with E-state index in [-0.39, 0.29) is 36.3 Å². The van der Waals surface area contributed by atoms with Gasteiger partial charge in [-0.2, -0.15) is 0 Å². The molecule has 0 amide bonds. The van der Waals surface area contributed by atoms with Gasteiger partial charge in [0.05, 0.1) is 35.2 Å². The lowest BCUT2D eigenvalue weighted by atomic mass is 9.86. The molecule has 4 aromatic rings. The van der Waals surface area contributed by atoms with Crippen molar-refractivity contribution in [3.63, 3.8) is 0 Å². The molecule has 2 aromatic carbocycles. The van der Waals surface area contributed by atoms with Crippen LogP contribution in [0.15, 0.2) is 70.6 Å². The molecule has 6 rings (SSSR count). The van der Waals surface area contributed by atoms with Crippen LogP contribution in [0.5, 0.6) is 5.75 Å². The molecule has 0 bridgehead atoms. The van der Waals surface area contributed by atoms with E-state index in [4.69, 9.17) is 14.6 Å². The van der Waals surface area contributed by atoms with E-state index in [0.717, 1.165) is 22.0 Å². The largest absolute Gasteiger partial charge is 0.458 e. The number of pyridine rings is 2. The molecule has 1 N–H and O–H groups in total. The number of cyclic esters (lactones) is 1. The Kier molecular flexibility index (Phi) is 4.79. The molecule has 4 heterocycles. The number of carbonyl (C=O) groups excluding carboxylic acids is 1. The Morgan fingerprint density at radius 1 is 1.14 bits per heavy atom. The first-order chi connectivity index (χ1) is 17.0. The van der Waals surface area contributed by atoms with E-state index >= 15 is 0 Å². The summed E-state index contributed by atoms with van der Waals surface area (Å²) in [6, 6.07) is 18.6. The maximum atomic E-state index is 13.5. The molecule has 0 spiro atoms. The molecule has 2 aliphatic rings. The van der Waals surface area contributed by atoms with Crippen LogP contribution in [-0.2, 0) is 28.3 Å². The van der Waals surface area contributed by atoms with Crippen molar-refractivity contribution in [2.75, 3.05) is 0 Å². The number of fused-ring (bicyclic) bond motifs is 5. The number of hydrogen-bond donors (Lipinski definition) is 1. The predicted molar refractivity (Wildman–Crippen MR) is 129 cm³/mol. The summed E-state index contributed by atoms with van der Waals surface area (Å²) >= 11 is 0. The van der Waals surface area contributed by atoms with Crippen LogP contribution in [-0.4, -0.2) is 26.8 Å². The lowest BCUT2D eigenvalue weighted by molar-refractivity contribution is -0.172. The number of hydrogen-bond acceptors (Lipinski definition) is 7. The van der Waals surface area contributed by atoms with Crippen molar-refractivity contribution in [1.29, 1.82) is 0 Å². The standard InChI is InChI=1S/C27H21N3O5/c1-2-27(33)21-12-23-24-19(14-30(23)25(31)20(21)15-34-26(27)32)18(17-10-6-7-11-22(17)29-24)13-28-35-16-8-4-3-5-9-16/h3-13,33H,2,14-15H2,1H3/b28-13+/t27-/m0/s1. The zero-order chi connectivity index (χ0) is 24.2. The number of oxime groups is 1. The molecule has 174 valence electrons. The number of aromatic nitrogens is 2. The SMILES string of the molecule is CC[C@@]1(O)C(=O)OCc2c1cc1n(c2=O)Cc2c-1nc1ccccc1c2/C=N/Oc1ccccc1. The van der Waals surface area contributed by atoms with Gasteiger partial charge in [0.15, 0.2) is 11.4 Å². The third kappa shape index (κ3) is 3.18. The first-order valence-corrected chi connectivity index (χ1v) is 11.4. The Morgan fingerprint density at radius 3 is 2.71 bits per heavy atom. The van der Waals surface area contributed by atoms with Crippen molar-refractivity contribution >= 4 is 23.1 Å². The van der Waals surface area contributed by atoms with E-state index in [1.54, 1.807) is 23.8 Å². The molecule has 2 aromatic heterocycles. The maximum absolute atomic E-state index is 13.5. The van der Waals surface area contributed by atoms with Gasteiger partial charge in [0.25, 0.3) is 5.56 Å². The lowest BCUT2D eigenvalue weighted by Crippen LogP contribution is -2.44. The van der Waals surface area contributed by atoms with Crippen LogP contribution >= 0.6 is 0 Å². The number of esters is 1. The molecule has 35 heavy (non-hydrogen) atoms. The molecule has 0 saturated carbocycles. The molecule has 8 heteroatoms. The fourth-order valence-electron chi connectivity index (χ4n) is 4.83. The summed E-state index contributed by atoms with van der Waals surface area (Å²) in [4.78, 5) is 36.3. The zero-order valence-corrected chi connectivity index (χ0v) is 18.9. The molecular weight excluding hydrogens is 446 g/mol. The normalized spacial score (nSPS) is 18.3. The third-order valence-corrected chi connectivity index (χ3v) is 6.72. The van der Waals surface area contributed by atoms with Gasteiger partial charge in [-0.15, -0.1) is 0 Å². The smallest absolute Gasteiger partial charge is 0.343 e. The van der Waals surface area contributed by atoms with Crippen LogP contribution in [0.25, 0.3) is 22.3 Å². The predicted octanol–water partition coefficient (Wildman–Crippen LogP) is 3.49. The van der Waals surface area contributed by atoms with Crippen molar-refractivity contribution in [3.05, 3.63) is 93.3 Å². The van der Waals surface area contributed by atoms with Gasteiger partial charge in [-0.05, 0) is 30.7 Å². The maximum Gasteiger partial charge on any atom is 0.343 e. The second kappa shape index (κ2) is 7.89. The van der Waals surface area contributed by atoms with Crippen LogP contribution in [0.4, 0.5) is 0 Å². The van der Waals surface area contributed by atoms with Crippen LogP contribution in [0, 0.1) is 0 Å². The van der Waals surface area contributed by atoms with E-state index in [2.05, 4.69) is 5.16 Å². The number of benzene rings is 2. The van der Waals surface area contributed by atoms with Crippen LogP contribution in [0.2, 0.25) is 0 Å². The topological polar surface area (TPSA) is 103 Å². The first-order valence-electron chi connectivity index (χ1n) is 11.4. The highest BCUT2D eigenvalue weighted by Crippen LogP contribution is 2.39. The fraction of sp³-hybridized carbons (Fsp3) is 0.185. The first kappa shape index (κ1) is 21.2. The molecule has 8 nitrogen and oxygen atoms in total. The summed E-state index contributed by atoms with van der Waals surface area (Å²) < 4.78 is 6.77. The van der Waals surface area contributed by atoms with Crippen LogP contribution in [0.1, 0.15) is 35.6 Å². The molecule has 1 atom stereocenters. The molecule has 0 radical (unpaired) electrons. The number of nitrogens with zero attached hydrogens (tertiary/aromatic N) is 3. The van der Waals surface area contributed by atoms with E-state index in [1.807, 2.05) is 54.6 Å². The molecular formula is C27H21N3O5. The average Bonchev–Trinajstić information content (AvgIpc) is 3.25. The number of para-hydroxylation sites is 2. The Labute approximate surface area is 200 Å². The Balaban J connectivity index is 1.54. The van der Waals surface area contributed by atoms with Crippen molar-refractivity contribution in [1.82, 2.24) is 9.55 Å².